The molecule has 9 heteroatoms. The molecular formula is C10H8ClF3N4S. The number of hydrogen-bond donors (Lipinski definition) is 1. The average molecular weight is 309 g/mol. The van der Waals surface area contributed by atoms with Gasteiger partial charge in [-0.25, -0.2) is 4.68 Å². The molecule has 2 N–H and O–H groups in total. The molecule has 0 spiro atoms. The lowest BCUT2D eigenvalue weighted by atomic mass is 10.2. The number of nitrogen functional groups attached to an aromatic ring is 1. The third-order valence-corrected chi connectivity index (χ3v) is 3.42. The second-order valence-corrected chi connectivity index (χ2v) is 4.97. The Morgan fingerprint density at radius 1 is 1.32 bits per heavy atom. The third kappa shape index (κ3) is 3.32. The van der Waals surface area contributed by atoms with E-state index in [0.29, 0.717) is 15.5 Å². The Morgan fingerprint density at radius 2 is 2.05 bits per heavy atom. The number of thioether (sulfide) groups is 1. The van der Waals surface area contributed by atoms with Gasteiger partial charge in [-0.1, -0.05) is 35.5 Å². The fourth-order valence-electron chi connectivity index (χ4n) is 1.34. The van der Waals surface area contributed by atoms with Gasteiger partial charge in [0.2, 0.25) is 5.16 Å². The molecule has 1 aromatic carbocycles. The summed E-state index contributed by atoms with van der Waals surface area (Å²) in [5.41, 5.74) is 0.856. The number of benzene rings is 1. The predicted octanol–water partition coefficient (Wildman–Crippen LogP) is 2.96. The van der Waals surface area contributed by atoms with E-state index in [2.05, 4.69) is 10.2 Å². The molecule has 19 heavy (non-hydrogen) atoms. The molecule has 1 aromatic heterocycles. The van der Waals surface area contributed by atoms with Crippen LogP contribution in [0.5, 0.6) is 0 Å². The second-order valence-electron chi connectivity index (χ2n) is 3.59. The number of nitrogens with zero attached hydrogens (tertiary/aromatic N) is 3. The molecule has 0 aliphatic rings. The number of nitrogens with two attached hydrogens (primary N) is 1. The van der Waals surface area contributed by atoms with Crippen molar-refractivity contribution in [1.82, 2.24) is 14.9 Å². The maximum absolute atomic E-state index is 12.4. The quantitative estimate of drug-likeness (QED) is 0.699. The van der Waals surface area contributed by atoms with E-state index in [1.54, 1.807) is 24.3 Å². The summed E-state index contributed by atoms with van der Waals surface area (Å²) < 4.78 is 37.8. The number of aromatic nitrogens is 3. The van der Waals surface area contributed by atoms with Gasteiger partial charge >= 0.3 is 6.18 Å². The first-order valence-corrected chi connectivity index (χ1v) is 6.39. The van der Waals surface area contributed by atoms with Gasteiger partial charge in [0.1, 0.15) is 0 Å². The zero-order valence-electron chi connectivity index (χ0n) is 9.36. The van der Waals surface area contributed by atoms with E-state index in [9.17, 15) is 13.2 Å². The summed E-state index contributed by atoms with van der Waals surface area (Å²) in [6, 6.07) is 6.99. The summed E-state index contributed by atoms with van der Waals surface area (Å²) in [6.45, 7) is 0. The van der Waals surface area contributed by atoms with Crippen LogP contribution >= 0.6 is 23.4 Å². The van der Waals surface area contributed by atoms with Crippen molar-refractivity contribution in [3.05, 3.63) is 40.7 Å². The second kappa shape index (κ2) is 5.30. The largest absolute Gasteiger partial charge is 0.453 e. The average Bonchev–Trinajstić information content (AvgIpc) is 2.68. The van der Waals surface area contributed by atoms with E-state index < -0.39 is 12.0 Å². The maximum atomic E-state index is 12.4. The minimum absolute atomic E-state index is 0.00713. The fourth-order valence-corrected chi connectivity index (χ4v) is 2.36. The third-order valence-electron chi connectivity index (χ3n) is 2.18. The van der Waals surface area contributed by atoms with Gasteiger partial charge in [-0.15, -0.1) is 10.2 Å². The zero-order valence-corrected chi connectivity index (χ0v) is 10.9. The standard InChI is InChI=1S/C10H8ClF3N4S/c11-7-3-1-2-6(4-7)5-19-9-17-16-8(18(9)15)10(12,13)14/h1-4H,5,15H2. The Bertz CT molecular complexity index is 584. The molecule has 0 atom stereocenters. The summed E-state index contributed by atoms with van der Waals surface area (Å²) in [5.74, 6) is 4.48. The summed E-state index contributed by atoms with van der Waals surface area (Å²) in [6.07, 6.45) is -4.61. The van der Waals surface area contributed by atoms with E-state index in [4.69, 9.17) is 17.4 Å². The molecule has 0 aliphatic heterocycles. The van der Waals surface area contributed by atoms with Crippen molar-refractivity contribution >= 4 is 23.4 Å². The van der Waals surface area contributed by atoms with Gasteiger partial charge in [0.05, 0.1) is 0 Å². The number of rotatable bonds is 3. The summed E-state index contributed by atoms with van der Waals surface area (Å²) in [5, 5.41) is 7.00. The molecule has 0 bridgehead atoms. The molecule has 0 amide bonds. The van der Waals surface area contributed by atoms with Crippen LogP contribution in [0, 0.1) is 0 Å². The molecule has 0 aliphatic carbocycles. The Balaban J connectivity index is 2.11. The van der Waals surface area contributed by atoms with E-state index in [-0.39, 0.29) is 5.16 Å². The van der Waals surface area contributed by atoms with Crippen molar-refractivity contribution in [2.24, 2.45) is 0 Å². The van der Waals surface area contributed by atoms with Gasteiger partial charge < -0.3 is 5.84 Å². The topological polar surface area (TPSA) is 56.7 Å². The lowest BCUT2D eigenvalue weighted by molar-refractivity contribution is -0.146. The van der Waals surface area contributed by atoms with Crippen LogP contribution in [0.4, 0.5) is 13.2 Å². The minimum Gasteiger partial charge on any atom is -0.335 e. The van der Waals surface area contributed by atoms with E-state index in [0.717, 1.165) is 17.3 Å². The highest BCUT2D eigenvalue weighted by Crippen LogP contribution is 2.29. The van der Waals surface area contributed by atoms with Gasteiger partial charge in [-0.3, -0.25) is 0 Å². The Kier molecular flexibility index (Phi) is 3.91. The van der Waals surface area contributed by atoms with Crippen LogP contribution in [-0.2, 0) is 11.9 Å². The lowest BCUT2D eigenvalue weighted by Gasteiger charge is -2.06. The fraction of sp³-hybridized carbons (Fsp3) is 0.200. The molecule has 2 rings (SSSR count). The number of alkyl halides is 3. The first-order chi connectivity index (χ1) is 8.88. The SMILES string of the molecule is Nn1c(SCc2cccc(Cl)c2)nnc1C(F)(F)F. The molecule has 2 aromatic rings. The first kappa shape index (κ1) is 14.0. The number of hydrogen-bond acceptors (Lipinski definition) is 4. The van der Waals surface area contributed by atoms with Gasteiger partial charge in [0.25, 0.3) is 5.82 Å². The summed E-state index contributed by atoms with van der Waals surface area (Å²) in [4.78, 5) is 0. The maximum Gasteiger partial charge on any atom is 0.453 e. The molecule has 4 nitrogen and oxygen atoms in total. The monoisotopic (exact) mass is 308 g/mol. The molecule has 0 unspecified atom stereocenters. The van der Waals surface area contributed by atoms with Gasteiger partial charge in [0.15, 0.2) is 0 Å². The molecule has 102 valence electrons. The van der Waals surface area contributed by atoms with Gasteiger partial charge in [0, 0.05) is 10.8 Å². The van der Waals surface area contributed by atoms with Crippen molar-refractivity contribution in [3.8, 4) is 0 Å². The van der Waals surface area contributed by atoms with E-state index >= 15 is 0 Å². The van der Waals surface area contributed by atoms with Gasteiger partial charge in [-0.2, -0.15) is 13.2 Å². The van der Waals surface area contributed by atoms with Crippen molar-refractivity contribution in [2.75, 3.05) is 5.84 Å². The van der Waals surface area contributed by atoms with Crippen molar-refractivity contribution in [3.63, 3.8) is 0 Å². The Labute approximate surface area is 115 Å². The lowest BCUT2D eigenvalue weighted by Crippen LogP contribution is -2.21. The van der Waals surface area contributed by atoms with Crippen LogP contribution in [0.25, 0.3) is 0 Å². The highest BCUT2D eigenvalue weighted by atomic mass is 35.5. The number of halogens is 4. The summed E-state index contributed by atoms with van der Waals surface area (Å²) >= 11 is 6.86. The Hall–Kier alpha value is -1.41. The van der Waals surface area contributed by atoms with Crippen LogP contribution in [0.2, 0.25) is 5.02 Å². The molecular weight excluding hydrogens is 301 g/mol. The van der Waals surface area contributed by atoms with Crippen molar-refractivity contribution < 1.29 is 13.2 Å². The predicted molar refractivity (Wildman–Crippen MR) is 66.2 cm³/mol. The molecule has 0 fully saturated rings. The van der Waals surface area contributed by atoms with Gasteiger partial charge in [-0.05, 0) is 17.7 Å². The van der Waals surface area contributed by atoms with Crippen molar-refractivity contribution in [1.29, 1.82) is 0 Å². The van der Waals surface area contributed by atoms with E-state index in [1.807, 2.05) is 0 Å². The van der Waals surface area contributed by atoms with E-state index in [1.165, 1.54) is 0 Å². The minimum atomic E-state index is -4.61. The molecule has 0 radical (unpaired) electrons. The van der Waals surface area contributed by atoms with Crippen LogP contribution in [0.1, 0.15) is 11.4 Å². The summed E-state index contributed by atoms with van der Waals surface area (Å²) in [7, 11) is 0. The van der Waals surface area contributed by atoms with Crippen LogP contribution < -0.4 is 5.84 Å². The molecule has 0 saturated carbocycles. The molecule has 1 heterocycles. The van der Waals surface area contributed by atoms with Crippen LogP contribution in [0.15, 0.2) is 29.4 Å². The van der Waals surface area contributed by atoms with Crippen LogP contribution in [-0.4, -0.2) is 14.9 Å². The highest BCUT2D eigenvalue weighted by molar-refractivity contribution is 7.98. The van der Waals surface area contributed by atoms with Crippen molar-refractivity contribution in [2.45, 2.75) is 17.1 Å². The zero-order chi connectivity index (χ0) is 14.0. The normalized spacial score (nSPS) is 11.8. The Morgan fingerprint density at radius 3 is 2.63 bits per heavy atom. The highest BCUT2D eigenvalue weighted by Gasteiger charge is 2.38. The van der Waals surface area contributed by atoms with Crippen LogP contribution in [0.3, 0.4) is 0 Å². The molecule has 0 saturated heterocycles. The smallest absolute Gasteiger partial charge is 0.335 e. The first-order valence-electron chi connectivity index (χ1n) is 5.03.